The van der Waals surface area contributed by atoms with E-state index in [2.05, 4.69) is 20.5 Å². The molecule has 0 bridgehead atoms. The molecule has 1 N–H and O–H groups in total. The summed E-state index contributed by atoms with van der Waals surface area (Å²) in [7, 11) is 0. The lowest BCUT2D eigenvalue weighted by atomic mass is 9.97. The minimum Gasteiger partial charge on any atom is -0.364 e. The lowest BCUT2D eigenvalue weighted by Crippen LogP contribution is -2.21. The van der Waals surface area contributed by atoms with E-state index >= 15 is 0 Å². The van der Waals surface area contributed by atoms with Crippen LogP contribution in [-0.2, 0) is 0 Å². The van der Waals surface area contributed by atoms with Crippen molar-refractivity contribution in [3.05, 3.63) is 18.7 Å². The molecule has 5 heteroatoms. The molecule has 0 atom stereocenters. The maximum atomic E-state index is 4.39. The molecule has 0 saturated heterocycles. The van der Waals surface area contributed by atoms with Gasteiger partial charge in [0.15, 0.2) is 5.82 Å². The second kappa shape index (κ2) is 5.33. The lowest BCUT2D eigenvalue weighted by molar-refractivity contribution is 0.471. The SMILES string of the molecule is c1cn2cnnc2c(NC2CCCCCCC2)n1. The Labute approximate surface area is 107 Å². The molecule has 0 spiro atoms. The molecular weight excluding hydrogens is 226 g/mol. The van der Waals surface area contributed by atoms with Gasteiger partial charge in [-0.15, -0.1) is 10.2 Å². The summed E-state index contributed by atoms with van der Waals surface area (Å²) in [6, 6.07) is 0.528. The van der Waals surface area contributed by atoms with Crippen LogP contribution in [0.2, 0.25) is 0 Å². The van der Waals surface area contributed by atoms with Gasteiger partial charge in [-0.3, -0.25) is 4.40 Å². The molecule has 0 aromatic carbocycles. The highest BCUT2D eigenvalue weighted by atomic mass is 15.2. The van der Waals surface area contributed by atoms with Crippen LogP contribution in [-0.4, -0.2) is 25.6 Å². The van der Waals surface area contributed by atoms with Crippen molar-refractivity contribution >= 4 is 11.5 Å². The maximum Gasteiger partial charge on any atom is 0.203 e. The molecule has 1 saturated carbocycles. The number of hydrogen-bond donors (Lipinski definition) is 1. The fourth-order valence-electron chi connectivity index (χ4n) is 2.65. The van der Waals surface area contributed by atoms with Gasteiger partial charge in [-0.2, -0.15) is 0 Å². The molecular formula is C13H19N5. The third-order valence-corrected chi connectivity index (χ3v) is 3.66. The molecule has 96 valence electrons. The number of anilines is 1. The van der Waals surface area contributed by atoms with E-state index in [4.69, 9.17) is 0 Å². The summed E-state index contributed by atoms with van der Waals surface area (Å²) in [5.74, 6) is 0.862. The Balaban J connectivity index is 1.76. The van der Waals surface area contributed by atoms with Crippen LogP contribution < -0.4 is 5.32 Å². The quantitative estimate of drug-likeness (QED) is 0.883. The lowest BCUT2D eigenvalue weighted by Gasteiger charge is -2.21. The predicted molar refractivity (Wildman–Crippen MR) is 70.5 cm³/mol. The molecule has 3 rings (SSSR count). The minimum atomic E-state index is 0.528. The van der Waals surface area contributed by atoms with Crippen LogP contribution in [0.25, 0.3) is 5.65 Å². The summed E-state index contributed by atoms with van der Waals surface area (Å²) in [5.41, 5.74) is 0.819. The summed E-state index contributed by atoms with van der Waals surface area (Å²) in [4.78, 5) is 4.39. The van der Waals surface area contributed by atoms with Gasteiger partial charge in [0.05, 0.1) is 0 Å². The zero-order valence-electron chi connectivity index (χ0n) is 10.5. The van der Waals surface area contributed by atoms with E-state index < -0.39 is 0 Å². The Morgan fingerprint density at radius 2 is 1.89 bits per heavy atom. The molecule has 1 aliphatic rings. The molecule has 2 aromatic heterocycles. The summed E-state index contributed by atoms with van der Waals surface area (Å²) >= 11 is 0. The third-order valence-electron chi connectivity index (χ3n) is 3.66. The zero-order valence-corrected chi connectivity index (χ0v) is 10.5. The van der Waals surface area contributed by atoms with Crippen LogP contribution in [0.5, 0.6) is 0 Å². The van der Waals surface area contributed by atoms with Gasteiger partial charge in [0.1, 0.15) is 6.33 Å². The molecule has 18 heavy (non-hydrogen) atoms. The highest BCUT2D eigenvalue weighted by Gasteiger charge is 2.13. The first-order valence-corrected chi connectivity index (χ1v) is 6.84. The minimum absolute atomic E-state index is 0.528. The van der Waals surface area contributed by atoms with Gasteiger partial charge in [0, 0.05) is 18.4 Å². The van der Waals surface area contributed by atoms with E-state index in [1.165, 1.54) is 44.9 Å². The summed E-state index contributed by atoms with van der Waals surface area (Å²) < 4.78 is 1.90. The van der Waals surface area contributed by atoms with E-state index in [1.807, 2.05) is 10.6 Å². The average molecular weight is 245 g/mol. The van der Waals surface area contributed by atoms with Gasteiger partial charge < -0.3 is 5.32 Å². The topological polar surface area (TPSA) is 55.1 Å². The van der Waals surface area contributed by atoms with Crippen LogP contribution in [0.15, 0.2) is 18.7 Å². The Bertz CT molecular complexity index is 499. The van der Waals surface area contributed by atoms with Gasteiger partial charge in [-0.05, 0) is 12.8 Å². The monoisotopic (exact) mass is 245 g/mol. The highest BCUT2D eigenvalue weighted by molar-refractivity contribution is 5.61. The third kappa shape index (κ3) is 2.44. The zero-order chi connectivity index (χ0) is 12.2. The normalized spacial score (nSPS) is 18.4. The second-order valence-corrected chi connectivity index (χ2v) is 5.02. The number of fused-ring (bicyclic) bond motifs is 1. The van der Waals surface area contributed by atoms with E-state index in [9.17, 15) is 0 Å². The van der Waals surface area contributed by atoms with Crippen molar-refractivity contribution in [3.63, 3.8) is 0 Å². The summed E-state index contributed by atoms with van der Waals surface area (Å²) in [5, 5.41) is 11.6. The molecule has 1 fully saturated rings. The van der Waals surface area contributed by atoms with Crippen LogP contribution >= 0.6 is 0 Å². The van der Waals surface area contributed by atoms with Crippen LogP contribution in [0, 0.1) is 0 Å². The van der Waals surface area contributed by atoms with Crippen molar-refractivity contribution < 1.29 is 0 Å². The Kier molecular flexibility index (Phi) is 3.39. The van der Waals surface area contributed by atoms with Crippen molar-refractivity contribution in [2.45, 2.75) is 51.0 Å². The van der Waals surface area contributed by atoms with Gasteiger partial charge in [0.2, 0.25) is 5.65 Å². The number of rotatable bonds is 2. The molecule has 2 aromatic rings. The Morgan fingerprint density at radius 3 is 2.72 bits per heavy atom. The second-order valence-electron chi connectivity index (χ2n) is 5.02. The predicted octanol–water partition coefficient (Wildman–Crippen LogP) is 2.65. The Hall–Kier alpha value is -1.65. The number of aromatic nitrogens is 4. The first-order valence-electron chi connectivity index (χ1n) is 6.84. The largest absolute Gasteiger partial charge is 0.364 e. The van der Waals surface area contributed by atoms with Gasteiger partial charge in [0.25, 0.3) is 0 Å². The van der Waals surface area contributed by atoms with Crippen LogP contribution in [0.4, 0.5) is 5.82 Å². The molecule has 5 nitrogen and oxygen atoms in total. The molecule has 0 unspecified atom stereocenters. The average Bonchev–Trinajstić information content (AvgIpc) is 2.81. The van der Waals surface area contributed by atoms with Gasteiger partial charge >= 0.3 is 0 Å². The first kappa shape index (κ1) is 11.4. The number of nitrogens with zero attached hydrogens (tertiary/aromatic N) is 4. The molecule has 0 radical (unpaired) electrons. The smallest absolute Gasteiger partial charge is 0.203 e. The van der Waals surface area contributed by atoms with Crippen LogP contribution in [0.1, 0.15) is 44.9 Å². The number of nitrogens with one attached hydrogen (secondary N) is 1. The Morgan fingerprint density at radius 1 is 1.11 bits per heavy atom. The summed E-state index contributed by atoms with van der Waals surface area (Å²) in [6.07, 6.45) is 14.6. The fourth-order valence-corrected chi connectivity index (χ4v) is 2.65. The van der Waals surface area contributed by atoms with Crippen molar-refractivity contribution in [3.8, 4) is 0 Å². The van der Waals surface area contributed by atoms with E-state index in [0.717, 1.165) is 11.5 Å². The van der Waals surface area contributed by atoms with Crippen molar-refractivity contribution in [2.75, 3.05) is 5.32 Å². The fraction of sp³-hybridized carbons (Fsp3) is 0.615. The van der Waals surface area contributed by atoms with Crippen LogP contribution in [0.3, 0.4) is 0 Å². The molecule has 0 aliphatic heterocycles. The van der Waals surface area contributed by atoms with Gasteiger partial charge in [-0.1, -0.05) is 32.1 Å². The van der Waals surface area contributed by atoms with E-state index in [0.29, 0.717) is 6.04 Å². The first-order chi connectivity index (χ1) is 8.93. The molecule has 1 aliphatic carbocycles. The van der Waals surface area contributed by atoms with Crippen molar-refractivity contribution in [2.24, 2.45) is 0 Å². The van der Waals surface area contributed by atoms with E-state index in [1.54, 1.807) is 12.5 Å². The number of hydrogen-bond acceptors (Lipinski definition) is 4. The van der Waals surface area contributed by atoms with E-state index in [-0.39, 0.29) is 0 Å². The van der Waals surface area contributed by atoms with Gasteiger partial charge in [-0.25, -0.2) is 4.98 Å². The maximum absolute atomic E-state index is 4.39. The summed E-state index contributed by atoms with van der Waals surface area (Å²) in [6.45, 7) is 0. The van der Waals surface area contributed by atoms with Crippen molar-refractivity contribution in [1.29, 1.82) is 0 Å². The molecule has 0 amide bonds. The van der Waals surface area contributed by atoms with Crippen molar-refractivity contribution in [1.82, 2.24) is 19.6 Å². The standard InChI is InChI=1S/C13H19N5/c1-2-4-6-11(7-5-3-1)16-12-13-17-15-10-18(13)9-8-14-12/h8-11H,1-7H2,(H,14,16). The molecule has 2 heterocycles. The highest BCUT2D eigenvalue weighted by Crippen LogP contribution is 2.21.